The Kier molecular flexibility index (Phi) is 2.22. The molecular formula is C10H5F3NO. The van der Waals surface area contributed by atoms with Crippen LogP contribution >= 0.6 is 0 Å². The topological polar surface area (TPSA) is 26.0 Å². The lowest BCUT2D eigenvalue weighted by molar-refractivity contribution is -0.155. The lowest BCUT2D eigenvalue weighted by atomic mass is 10.1. The van der Waals surface area contributed by atoms with Gasteiger partial charge in [0.05, 0.1) is 6.07 Å². The molecule has 77 valence electrons. The highest BCUT2D eigenvalue weighted by Gasteiger charge is 2.36. The van der Waals surface area contributed by atoms with Crippen molar-refractivity contribution in [2.75, 3.05) is 0 Å². The summed E-state index contributed by atoms with van der Waals surface area (Å²) in [6.45, 7) is 0. The summed E-state index contributed by atoms with van der Waals surface area (Å²) in [5.41, 5.74) is 0.597. The summed E-state index contributed by atoms with van der Waals surface area (Å²) < 4.78 is 40.6. The van der Waals surface area contributed by atoms with Crippen LogP contribution in [0, 0.1) is 6.07 Å². The molecule has 5 heteroatoms. The van der Waals surface area contributed by atoms with Gasteiger partial charge in [0.2, 0.25) is 5.76 Å². The van der Waals surface area contributed by atoms with E-state index >= 15 is 0 Å². The van der Waals surface area contributed by atoms with Crippen LogP contribution in [-0.4, -0.2) is 5.16 Å². The number of rotatable bonds is 1. The van der Waals surface area contributed by atoms with Gasteiger partial charge in [-0.15, -0.1) is 0 Å². The summed E-state index contributed by atoms with van der Waals surface area (Å²) in [6, 6.07) is 10.5. The van der Waals surface area contributed by atoms with E-state index in [2.05, 4.69) is 15.7 Å². The number of hydrogen-bond acceptors (Lipinski definition) is 2. The SMILES string of the molecule is FC(F)(F)c1[c]c(-c2ccccc2)no1. The Labute approximate surface area is 83.3 Å². The van der Waals surface area contributed by atoms with Crippen LogP contribution in [0.2, 0.25) is 0 Å². The summed E-state index contributed by atoms with van der Waals surface area (Å²) in [5.74, 6) is -1.21. The fourth-order valence-corrected chi connectivity index (χ4v) is 1.09. The predicted molar refractivity (Wildman–Crippen MR) is 45.8 cm³/mol. The van der Waals surface area contributed by atoms with Crippen molar-refractivity contribution in [2.24, 2.45) is 0 Å². The molecule has 1 radical (unpaired) electrons. The van der Waals surface area contributed by atoms with Crippen molar-refractivity contribution in [1.29, 1.82) is 0 Å². The molecule has 2 rings (SSSR count). The summed E-state index contributed by atoms with van der Waals surface area (Å²) in [6.07, 6.45) is -4.54. The molecule has 0 saturated carbocycles. The summed E-state index contributed by atoms with van der Waals surface area (Å²) in [7, 11) is 0. The Morgan fingerprint density at radius 2 is 1.80 bits per heavy atom. The highest BCUT2D eigenvalue weighted by Crippen LogP contribution is 2.31. The smallest absolute Gasteiger partial charge is 0.350 e. The van der Waals surface area contributed by atoms with Crippen LogP contribution in [0.5, 0.6) is 0 Å². The second kappa shape index (κ2) is 3.42. The van der Waals surface area contributed by atoms with Crippen molar-refractivity contribution in [3.63, 3.8) is 0 Å². The molecule has 2 nitrogen and oxygen atoms in total. The van der Waals surface area contributed by atoms with Crippen LogP contribution in [0.25, 0.3) is 11.3 Å². The monoisotopic (exact) mass is 212 g/mol. The van der Waals surface area contributed by atoms with Crippen molar-refractivity contribution in [3.8, 4) is 11.3 Å². The molecule has 1 heterocycles. The minimum absolute atomic E-state index is 0.0583. The molecule has 0 aliphatic heterocycles. The molecule has 0 fully saturated rings. The van der Waals surface area contributed by atoms with Crippen molar-refractivity contribution in [3.05, 3.63) is 42.2 Å². The zero-order chi connectivity index (χ0) is 10.9. The van der Waals surface area contributed by atoms with E-state index in [-0.39, 0.29) is 5.69 Å². The van der Waals surface area contributed by atoms with Crippen LogP contribution < -0.4 is 0 Å². The quantitative estimate of drug-likeness (QED) is 0.725. The zero-order valence-corrected chi connectivity index (χ0v) is 7.38. The van der Waals surface area contributed by atoms with Crippen LogP contribution in [0.15, 0.2) is 34.9 Å². The molecule has 0 bridgehead atoms. The molecule has 15 heavy (non-hydrogen) atoms. The number of hydrogen-bond donors (Lipinski definition) is 0. The molecule has 1 aromatic heterocycles. The largest absolute Gasteiger partial charge is 0.453 e. The average Bonchev–Trinajstić information content (AvgIpc) is 2.67. The first-order chi connectivity index (χ1) is 7.07. The van der Waals surface area contributed by atoms with Gasteiger partial charge in [-0.3, -0.25) is 0 Å². The maximum atomic E-state index is 12.2. The Balaban J connectivity index is 2.37. The molecule has 0 atom stereocenters. The van der Waals surface area contributed by atoms with E-state index in [4.69, 9.17) is 0 Å². The van der Waals surface area contributed by atoms with Crippen LogP contribution in [0.3, 0.4) is 0 Å². The maximum absolute atomic E-state index is 12.2. The molecule has 0 aliphatic rings. The Hall–Kier alpha value is -1.78. The third-order valence-electron chi connectivity index (χ3n) is 1.76. The maximum Gasteiger partial charge on any atom is 0.453 e. The number of aromatic nitrogens is 1. The van der Waals surface area contributed by atoms with Crippen molar-refractivity contribution in [1.82, 2.24) is 5.16 Å². The van der Waals surface area contributed by atoms with Gasteiger partial charge in [0, 0.05) is 5.56 Å². The van der Waals surface area contributed by atoms with E-state index in [1.54, 1.807) is 30.3 Å². The normalized spacial score (nSPS) is 11.7. The second-order valence-corrected chi connectivity index (χ2v) is 2.85. The van der Waals surface area contributed by atoms with Gasteiger partial charge in [0.25, 0.3) is 0 Å². The lowest BCUT2D eigenvalue weighted by Crippen LogP contribution is -2.02. The second-order valence-electron chi connectivity index (χ2n) is 2.85. The standard InChI is InChI=1S/C10H5F3NO/c11-10(12,13)9-6-8(14-15-9)7-4-2-1-3-5-7/h1-5H. The van der Waals surface area contributed by atoms with E-state index in [1.807, 2.05) is 0 Å². The van der Waals surface area contributed by atoms with Crippen LogP contribution in [0.4, 0.5) is 13.2 Å². The van der Waals surface area contributed by atoms with E-state index in [9.17, 15) is 13.2 Å². The molecule has 0 unspecified atom stereocenters. The third kappa shape index (κ3) is 2.01. The van der Waals surface area contributed by atoms with Crippen molar-refractivity contribution >= 4 is 0 Å². The molecule has 0 aliphatic carbocycles. The Morgan fingerprint density at radius 3 is 2.33 bits per heavy atom. The molecule has 0 spiro atoms. The highest BCUT2D eigenvalue weighted by molar-refractivity contribution is 5.57. The van der Waals surface area contributed by atoms with Crippen molar-refractivity contribution in [2.45, 2.75) is 6.18 Å². The molecule has 0 N–H and O–H groups in total. The Morgan fingerprint density at radius 1 is 1.13 bits per heavy atom. The third-order valence-corrected chi connectivity index (χ3v) is 1.76. The zero-order valence-electron chi connectivity index (χ0n) is 7.38. The van der Waals surface area contributed by atoms with Gasteiger partial charge in [0.1, 0.15) is 5.69 Å². The van der Waals surface area contributed by atoms with E-state index in [1.165, 1.54) is 0 Å². The fourth-order valence-electron chi connectivity index (χ4n) is 1.09. The molecule has 0 amide bonds. The highest BCUT2D eigenvalue weighted by atomic mass is 19.4. The van der Waals surface area contributed by atoms with Crippen molar-refractivity contribution < 1.29 is 17.7 Å². The predicted octanol–water partition coefficient (Wildman–Crippen LogP) is 3.16. The van der Waals surface area contributed by atoms with Gasteiger partial charge < -0.3 is 4.52 Å². The van der Waals surface area contributed by atoms with Gasteiger partial charge in [0.15, 0.2) is 0 Å². The molecule has 1 aromatic carbocycles. The van der Waals surface area contributed by atoms with Gasteiger partial charge >= 0.3 is 6.18 Å². The van der Waals surface area contributed by atoms with Crippen LogP contribution in [0.1, 0.15) is 5.76 Å². The van der Waals surface area contributed by atoms with Gasteiger partial charge in [-0.2, -0.15) is 13.2 Å². The van der Waals surface area contributed by atoms with Gasteiger partial charge in [-0.1, -0.05) is 35.5 Å². The van der Waals surface area contributed by atoms with E-state index in [0.717, 1.165) is 0 Å². The fraction of sp³-hybridized carbons (Fsp3) is 0.100. The van der Waals surface area contributed by atoms with E-state index in [0.29, 0.717) is 5.56 Å². The minimum atomic E-state index is -4.54. The lowest BCUT2D eigenvalue weighted by Gasteiger charge is -1.96. The Bertz CT molecular complexity index is 447. The molecule has 0 saturated heterocycles. The molecule has 2 aromatic rings. The average molecular weight is 212 g/mol. The number of nitrogens with zero attached hydrogens (tertiary/aromatic N) is 1. The van der Waals surface area contributed by atoms with Gasteiger partial charge in [-0.25, -0.2) is 0 Å². The minimum Gasteiger partial charge on any atom is -0.350 e. The summed E-state index contributed by atoms with van der Waals surface area (Å²) in [5, 5.41) is 3.30. The first-order valence-corrected chi connectivity index (χ1v) is 4.09. The van der Waals surface area contributed by atoms with E-state index < -0.39 is 11.9 Å². The van der Waals surface area contributed by atoms with Crippen LogP contribution in [-0.2, 0) is 6.18 Å². The van der Waals surface area contributed by atoms with Gasteiger partial charge in [-0.05, 0) is 0 Å². The first kappa shape index (κ1) is 9.76. The number of benzene rings is 1. The number of alkyl halides is 3. The summed E-state index contributed by atoms with van der Waals surface area (Å²) in [4.78, 5) is 0. The number of halogens is 3. The molecular weight excluding hydrogens is 207 g/mol. The first-order valence-electron chi connectivity index (χ1n) is 4.09. The summed E-state index contributed by atoms with van der Waals surface area (Å²) >= 11 is 0.